The summed E-state index contributed by atoms with van der Waals surface area (Å²) < 4.78 is 0. The molecule has 0 N–H and O–H groups in total. The third-order valence-corrected chi connectivity index (χ3v) is 2.10. The van der Waals surface area contributed by atoms with E-state index >= 15 is 0 Å². The predicted molar refractivity (Wildman–Crippen MR) is 42.2 cm³/mol. The van der Waals surface area contributed by atoms with E-state index in [-0.39, 0.29) is 17.5 Å². The minimum atomic E-state index is -0.287. The Morgan fingerprint density at radius 2 is 2.17 bits per heavy atom. The average Bonchev–Trinajstić information content (AvgIpc) is 2.07. The molecule has 1 rings (SSSR count). The van der Waals surface area contributed by atoms with Crippen LogP contribution >= 0.6 is 0 Å². The SMILES string of the molecule is O=C=CCC1CCC(=O)C(=O)C1. The Balaban J connectivity index is 2.45. The molecule has 0 amide bonds. The van der Waals surface area contributed by atoms with Crippen LogP contribution in [0.5, 0.6) is 0 Å². The molecule has 0 heterocycles. The summed E-state index contributed by atoms with van der Waals surface area (Å²) in [5.74, 6) is 1.30. The van der Waals surface area contributed by atoms with Crippen molar-refractivity contribution in [3.8, 4) is 0 Å². The summed E-state index contributed by atoms with van der Waals surface area (Å²) in [6, 6.07) is 0. The molecule has 1 fully saturated rings. The van der Waals surface area contributed by atoms with Crippen molar-refractivity contribution in [2.75, 3.05) is 0 Å². The number of carbonyl (C=O) groups is 2. The fourth-order valence-corrected chi connectivity index (χ4v) is 1.37. The molecule has 1 unspecified atom stereocenters. The molecular weight excluding hydrogens is 156 g/mol. The van der Waals surface area contributed by atoms with Gasteiger partial charge in [0.1, 0.15) is 5.94 Å². The second-order valence-corrected chi connectivity index (χ2v) is 3.01. The first-order valence-electron chi connectivity index (χ1n) is 3.99. The molecule has 0 aromatic rings. The lowest BCUT2D eigenvalue weighted by molar-refractivity contribution is -0.139. The van der Waals surface area contributed by atoms with Gasteiger partial charge in [0, 0.05) is 18.9 Å². The molecule has 0 aromatic heterocycles. The van der Waals surface area contributed by atoms with E-state index < -0.39 is 0 Å². The van der Waals surface area contributed by atoms with Crippen molar-refractivity contribution in [2.45, 2.75) is 25.7 Å². The first kappa shape index (κ1) is 8.88. The summed E-state index contributed by atoms with van der Waals surface area (Å²) in [5, 5.41) is 0. The molecule has 0 radical (unpaired) electrons. The maximum Gasteiger partial charge on any atom is 0.198 e. The zero-order valence-corrected chi connectivity index (χ0v) is 6.71. The first-order valence-corrected chi connectivity index (χ1v) is 3.99. The number of carbonyl (C=O) groups excluding carboxylic acids is 3. The van der Waals surface area contributed by atoms with Gasteiger partial charge in [-0.15, -0.1) is 0 Å². The van der Waals surface area contributed by atoms with Crippen LogP contribution in [0.2, 0.25) is 0 Å². The summed E-state index contributed by atoms with van der Waals surface area (Å²) in [5.41, 5.74) is 0. The van der Waals surface area contributed by atoms with Gasteiger partial charge in [-0.05, 0) is 18.8 Å². The monoisotopic (exact) mass is 166 g/mol. The fourth-order valence-electron chi connectivity index (χ4n) is 1.37. The topological polar surface area (TPSA) is 51.2 Å². The zero-order chi connectivity index (χ0) is 8.97. The van der Waals surface area contributed by atoms with E-state index in [0.717, 1.165) is 6.42 Å². The molecule has 3 nitrogen and oxygen atoms in total. The van der Waals surface area contributed by atoms with Crippen LogP contribution in [0.25, 0.3) is 0 Å². The third-order valence-electron chi connectivity index (χ3n) is 2.10. The second kappa shape index (κ2) is 3.98. The molecule has 0 aliphatic heterocycles. The molecular formula is C9H10O3. The smallest absolute Gasteiger partial charge is 0.198 e. The highest BCUT2D eigenvalue weighted by atomic mass is 16.2. The van der Waals surface area contributed by atoms with Crippen molar-refractivity contribution >= 4 is 17.5 Å². The van der Waals surface area contributed by atoms with Crippen molar-refractivity contribution in [3.05, 3.63) is 6.08 Å². The summed E-state index contributed by atoms with van der Waals surface area (Å²) >= 11 is 0. The number of hydrogen-bond donors (Lipinski definition) is 0. The molecule has 0 spiro atoms. The standard InChI is InChI=1S/C9H10O3/c10-5-1-2-7-3-4-8(11)9(12)6-7/h1,7H,2-4,6H2. The minimum Gasteiger partial charge on any atom is -0.291 e. The molecule has 3 heteroatoms. The van der Waals surface area contributed by atoms with Crippen LogP contribution in [0, 0.1) is 5.92 Å². The number of allylic oxidation sites excluding steroid dienone is 1. The van der Waals surface area contributed by atoms with E-state index in [2.05, 4.69) is 0 Å². The van der Waals surface area contributed by atoms with Gasteiger partial charge >= 0.3 is 0 Å². The Labute approximate surface area is 70.4 Å². The molecule has 1 saturated carbocycles. The van der Waals surface area contributed by atoms with Gasteiger partial charge in [-0.25, -0.2) is 4.79 Å². The Hall–Kier alpha value is -1.21. The van der Waals surface area contributed by atoms with Gasteiger partial charge in [0.05, 0.1) is 0 Å². The summed E-state index contributed by atoms with van der Waals surface area (Å²) in [6.45, 7) is 0. The molecule has 0 aromatic carbocycles. The average molecular weight is 166 g/mol. The molecule has 1 atom stereocenters. The van der Waals surface area contributed by atoms with Crippen LogP contribution in [0.3, 0.4) is 0 Å². The van der Waals surface area contributed by atoms with E-state index in [0.29, 0.717) is 19.3 Å². The maximum absolute atomic E-state index is 10.9. The third kappa shape index (κ3) is 2.14. The second-order valence-electron chi connectivity index (χ2n) is 3.01. The first-order chi connectivity index (χ1) is 5.74. The van der Waals surface area contributed by atoms with Crippen LogP contribution in [0.4, 0.5) is 0 Å². The lowest BCUT2D eigenvalue weighted by Crippen LogP contribution is -2.24. The summed E-state index contributed by atoms with van der Waals surface area (Å²) in [7, 11) is 0. The van der Waals surface area contributed by atoms with Gasteiger partial charge in [0.25, 0.3) is 0 Å². The van der Waals surface area contributed by atoms with E-state index in [4.69, 9.17) is 0 Å². The fraction of sp³-hybridized carbons (Fsp3) is 0.556. The van der Waals surface area contributed by atoms with Gasteiger partial charge in [-0.3, -0.25) is 9.59 Å². The summed E-state index contributed by atoms with van der Waals surface area (Å²) in [6.07, 6.45) is 3.33. The lowest BCUT2D eigenvalue weighted by Gasteiger charge is -2.17. The molecule has 1 aliphatic rings. The highest BCUT2D eigenvalue weighted by molar-refractivity contribution is 6.37. The molecule has 1 aliphatic carbocycles. The minimum absolute atomic E-state index is 0.177. The van der Waals surface area contributed by atoms with Crippen molar-refractivity contribution in [1.82, 2.24) is 0 Å². The molecule has 12 heavy (non-hydrogen) atoms. The number of rotatable bonds is 2. The van der Waals surface area contributed by atoms with Crippen LogP contribution < -0.4 is 0 Å². The quantitative estimate of drug-likeness (QED) is 0.448. The Kier molecular flexibility index (Phi) is 2.94. The van der Waals surface area contributed by atoms with Crippen molar-refractivity contribution < 1.29 is 14.4 Å². The predicted octanol–water partition coefficient (Wildman–Crippen LogP) is 0.703. The lowest BCUT2D eigenvalue weighted by atomic mass is 9.85. The van der Waals surface area contributed by atoms with Crippen LogP contribution in [-0.2, 0) is 14.4 Å². The Bertz CT molecular complexity index is 248. The van der Waals surface area contributed by atoms with E-state index in [9.17, 15) is 14.4 Å². The van der Waals surface area contributed by atoms with Gasteiger partial charge < -0.3 is 0 Å². The van der Waals surface area contributed by atoms with Crippen molar-refractivity contribution in [2.24, 2.45) is 5.92 Å². The number of Topliss-reactive ketones (excluding diaryl/α,β-unsaturated/α-hetero) is 2. The normalized spacial score (nSPS) is 23.5. The van der Waals surface area contributed by atoms with E-state index in [1.807, 2.05) is 0 Å². The highest BCUT2D eigenvalue weighted by Crippen LogP contribution is 2.22. The zero-order valence-electron chi connectivity index (χ0n) is 6.71. The van der Waals surface area contributed by atoms with Crippen LogP contribution in [0.1, 0.15) is 25.7 Å². The molecule has 0 saturated heterocycles. The summed E-state index contributed by atoms with van der Waals surface area (Å²) in [4.78, 5) is 31.5. The largest absolute Gasteiger partial charge is 0.291 e. The van der Waals surface area contributed by atoms with E-state index in [1.54, 1.807) is 5.94 Å². The highest BCUT2D eigenvalue weighted by Gasteiger charge is 2.25. The van der Waals surface area contributed by atoms with Gasteiger partial charge in [0.2, 0.25) is 0 Å². The van der Waals surface area contributed by atoms with Crippen LogP contribution in [0.15, 0.2) is 6.08 Å². The maximum atomic E-state index is 10.9. The van der Waals surface area contributed by atoms with Gasteiger partial charge in [-0.2, -0.15) is 0 Å². The Morgan fingerprint density at radius 1 is 1.42 bits per heavy atom. The number of ketones is 2. The Morgan fingerprint density at radius 3 is 2.75 bits per heavy atom. The van der Waals surface area contributed by atoms with E-state index in [1.165, 1.54) is 6.08 Å². The van der Waals surface area contributed by atoms with Gasteiger partial charge in [-0.1, -0.05) is 0 Å². The van der Waals surface area contributed by atoms with Gasteiger partial charge in [0.15, 0.2) is 11.6 Å². The van der Waals surface area contributed by atoms with Crippen molar-refractivity contribution in [1.29, 1.82) is 0 Å². The van der Waals surface area contributed by atoms with Crippen molar-refractivity contribution in [3.63, 3.8) is 0 Å². The molecule has 0 bridgehead atoms. The molecule has 64 valence electrons. The van der Waals surface area contributed by atoms with Crippen LogP contribution in [-0.4, -0.2) is 17.5 Å². The number of hydrogen-bond acceptors (Lipinski definition) is 3.